The normalized spacial score (nSPS) is 15.3. The van der Waals surface area contributed by atoms with E-state index in [-0.39, 0.29) is 5.91 Å². The Labute approximate surface area is 112 Å². The number of methoxy groups -OCH3 is 1. The van der Waals surface area contributed by atoms with Gasteiger partial charge in [0.2, 0.25) is 11.8 Å². The van der Waals surface area contributed by atoms with Crippen LogP contribution in [0.5, 0.6) is 5.88 Å². The van der Waals surface area contributed by atoms with Gasteiger partial charge in [0, 0.05) is 31.9 Å². The van der Waals surface area contributed by atoms with Crippen LogP contribution in [-0.2, 0) is 16.1 Å². The Morgan fingerprint density at radius 3 is 2.89 bits per heavy atom. The van der Waals surface area contributed by atoms with Crippen LogP contribution in [0.1, 0.15) is 5.56 Å². The predicted octanol–water partition coefficient (Wildman–Crippen LogP) is 0.0386. The van der Waals surface area contributed by atoms with Gasteiger partial charge in [0.25, 0.3) is 0 Å². The van der Waals surface area contributed by atoms with Crippen LogP contribution in [-0.4, -0.2) is 55.7 Å². The van der Waals surface area contributed by atoms with E-state index in [0.717, 1.165) is 5.56 Å². The fraction of sp³-hybridized carbons (Fsp3) is 0.538. The monoisotopic (exact) mass is 265 g/mol. The standard InChI is InChI=1S/C13H19N3O3/c1-18-12-3-2-11(9-15-12)8-14-10-13(17)16-4-6-19-7-5-16/h2-3,9,14H,4-8,10H2,1H3. The number of rotatable bonds is 5. The lowest BCUT2D eigenvalue weighted by molar-refractivity contribution is -0.134. The second-order valence-electron chi connectivity index (χ2n) is 4.31. The van der Waals surface area contributed by atoms with Crippen LogP contribution in [0.15, 0.2) is 18.3 Å². The first-order valence-corrected chi connectivity index (χ1v) is 6.35. The molecule has 1 aliphatic rings. The molecular weight excluding hydrogens is 246 g/mol. The lowest BCUT2D eigenvalue weighted by Crippen LogP contribution is -2.44. The van der Waals surface area contributed by atoms with E-state index in [0.29, 0.717) is 45.3 Å². The molecule has 1 aromatic heterocycles. The summed E-state index contributed by atoms with van der Waals surface area (Å²) in [6, 6.07) is 3.73. The highest BCUT2D eigenvalue weighted by Crippen LogP contribution is 2.06. The van der Waals surface area contributed by atoms with Crippen LogP contribution >= 0.6 is 0 Å². The maximum Gasteiger partial charge on any atom is 0.236 e. The third-order valence-corrected chi connectivity index (χ3v) is 2.98. The summed E-state index contributed by atoms with van der Waals surface area (Å²) in [5.74, 6) is 0.706. The van der Waals surface area contributed by atoms with Gasteiger partial charge < -0.3 is 19.7 Å². The number of hydrogen-bond acceptors (Lipinski definition) is 5. The molecule has 6 heteroatoms. The molecule has 0 unspecified atom stereocenters. The van der Waals surface area contributed by atoms with Crippen LogP contribution in [0.25, 0.3) is 0 Å². The predicted molar refractivity (Wildman–Crippen MR) is 69.9 cm³/mol. The summed E-state index contributed by atoms with van der Waals surface area (Å²) in [4.78, 5) is 17.8. The Balaban J connectivity index is 1.71. The van der Waals surface area contributed by atoms with Gasteiger partial charge in [-0.05, 0) is 5.56 Å². The number of aromatic nitrogens is 1. The highest BCUT2D eigenvalue weighted by Gasteiger charge is 2.15. The van der Waals surface area contributed by atoms with Gasteiger partial charge in [-0.1, -0.05) is 6.07 Å². The van der Waals surface area contributed by atoms with Crippen molar-refractivity contribution in [3.05, 3.63) is 23.9 Å². The van der Waals surface area contributed by atoms with E-state index in [1.54, 1.807) is 19.4 Å². The summed E-state index contributed by atoms with van der Waals surface area (Å²) in [5.41, 5.74) is 1.02. The zero-order valence-corrected chi connectivity index (χ0v) is 11.1. The molecule has 1 fully saturated rings. The third-order valence-electron chi connectivity index (χ3n) is 2.98. The second kappa shape index (κ2) is 7.06. The van der Waals surface area contributed by atoms with E-state index >= 15 is 0 Å². The van der Waals surface area contributed by atoms with E-state index in [9.17, 15) is 4.79 Å². The van der Waals surface area contributed by atoms with Crippen molar-refractivity contribution < 1.29 is 14.3 Å². The Hall–Kier alpha value is -1.66. The fourth-order valence-corrected chi connectivity index (χ4v) is 1.87. The van der Waals surface area contributed by atoms with Crippen molar-refractivity contribution in [2.24, 2.45) is 0 Å². The van der Waals surface area contributed by atoms with E-state index in [2.05, 4.69) is 10.3 Å². The van der Waals surface area contributed by atoms with Crippen LogP contribution in [0.2, 0.25) is 0 Å². The Kier molecular flexibility index (Phi) is 5.11. The van der Waals surface area contributed by atoms with Gasteiger partial charge in [-0.15, -0.1) is 0 Å². The fourth-order valence-electron chi connectivity index (χ4n) is 1.87. The van der Waals surface area contributed by atoms with Crippen molar-refractivity contribution in [1.29, 1.82) is 0 Å². The SMILES string of the molecule is COc1ccc(CNCC(=O)N2CCOCC2)cn1. The Morgan fingerprint density at radius 1 is 1.47 bits per heavy atom. The number of ether oxygens (including phenoxy) is 2. The smallest absolute Gasteiger partial charge is 0.236 e. The topological polar surface area (TPSA) is 63.7 Å². The molecular formula is C13H19N3O3. The molecule has 6 nitrogen and oxygen atoms in total. The zero-order valence-electron chi connectivity index (χ0n) is 11.1. The molecule has 19 heavy (non-hydrogen) atoms. The average Bonchev–Trinajstić information content (AvgIpc) is 2.49. The van der Waals surface area contributed by atoms with Gasteiger partial charge in [-0.3, -0.25) is 4.79 Å². The summed E-state index contributed by atoms with van der Waals surface area (Å²) in [5, 5.41) is 3.12. The van der Waals surface area contributed by atoms with Crippen molar-refractivity contribution in [1.82, 2.24) is 15.2 Å². The van der Waals surface area contributed by atoms with Crippen LogP contribution in [0, 0.1) is 0 Å². The molecule has 1 amide bonds. The molecule has 1 aliphatic heterocycles. The molecule has 1 saturated heterocycles. The van der Waals surface area contributed by atoms with Crippen molar-refractivity contribution in [3.8, 4) is 5.88 Å². The van der Waals surface area contributed by atoms with Crippen LogP contribution in [0.4, 0.5) is 0 Å². The number of carbonyl (C=O) groups excluding carboxylic acids is 1. The zero-order chi connectivity index (χ0) is 13.5. The minimum absolute atomic E-state index is 0.116. The lowest BCUT2D eigenvalue weighted by Gasteiger charge is -2.26. The molecule has 0 aromatic carbocycles. The summed E-state index contributed by atoms with van der Waals surface area (Å²) < 4.78 is 10.2. The van der Waals surface area contributed by atoms with Crippen molar-refractivity contribution in [2.75, 3.05) is 40.0 Å². The highest BCUT2D eigenvalue weighted by molar-refractivity contribution is 5.78. The van der Waals surface area contributed by atoms with E-state index in [4.69, 9.17) is 9.47 Å². The van der Waals surface area contributed by atoms with Crippen molar-refractivity contribution in [3.63, 3.8) is 0 Å². The number of morpholine rings is 1. The molecule has 0 saturated carbocycles. The second-order valence-corrected chi connectivity index (χ2v) is 4.31. The van der Waals surface area contributed by atoms with Gasteiger partial charge >= 0.3 is 0 Å². The summed E-state index contributed by atoms with van der Waals surface area (Å²) in [7, 11) is 1.58. The molecule has 2 rings (SSSR count). The van der Waals surface area contributed by atoms with Gasteiger partial charge in [0.15, 0.2) is 0 Å². The van der Waals surface area contributed by atoms with E-state index in [1.807, 2.05) is 11.0 Å². The van der Waals surface area contributed by atoms with Crippen LogP contribution < -0.4 is 10.1 Å². The molecule has 0 bridgehead atoms. The molecule has 0 atom stereocenters. The summed E-state index contributed by atoms with van der Waals surface area (Å²) in [6.45, 7) is 3.59. The summed E-state index contributed by atoms with van der Waals surface area (Å²) >= 11 is 0. The minimum atomic E-state index is 0.116. The third kappa shape index (κ3) is 4.18. The molecule has 1 N–H and O–H groups in total. The number of pyridine rings is 1. The Bertz CT molecular complexity index is 402. The quantitative estimate of drug-likeness (QED) is 0.814. The largest absolute Gasteiger partial charge is 0.481 e. The number of nitrogens with zero attached hydrogens (tertiary/aromatic N) is 2. The number of nitrogens with one attached hydrogen (secondary N) is 1. The highest BCUT2D eigenvalue weighted by atomic mass is 16.5. The summed E-state index contributed by atoms with van der Waals surface area (Å²) in [6.07, 6.45) is 1.74. The first-order valence-electron chi connectivity index (χ1n) is 6.35. The maximum atomic E-state index is 11.9. The minimum Gasteiger partial charge on any atom is -0.481 e. The number of amides is 1. The molecule has 104 valence electrons. The number of carbonyl (C=O) groups is 1. The van der Waals surface area contributed by atoms with Gasteiger partial charge in [0.05, 0.1) is 26.9 Å². The molecule has 2 heterocycles. The van der Waals surface area contributed by atoms with Crippen molar-refractivity contribution in [2.45, 2.75) is 6.54 Å². The average molecular weight is 265 g/mol. The molecule has 1 aromatic rings. The van der Waals surface area contributed by atoms with Crippen molar-refractivity contribution >= 4 is 5.91 Å². The Morgan fingerprint density at radius 2 is 2.26 bits per heavy atom. The first kappa shape index (κ1) is 13.8. The van der Waals surface area contributed by atoms with Gasteiger partial charge in [-0.25, -0.2) is 4.98 Å². The number of hydrogen-bond donors (Lipinski definition) is 1. The molecule has 0 radical (unpaired) electrons. The maximum absolute atomic E-state index is 11.9. The van der Waals surface area contributed by atoms with Crippen LogP contribution in [0.3, 0.4) is 0 Å². The molecule has 0 aliphatic carbocycles. The molecule has 0 spiro atoms. The lowest BCUT2D eigenvalue weighted by atomic mass is 10.3. The van der Waals surface area contributed by atoms with Gasteiger partial charge in [0.1, 0.15) is 0 Å². The van der Waals surface area contributed by atoms with E-state index < -0.39 is 0 Å². The van der Waals surface area contributed by atoms with Gasteiger partial charge in [-0.2, -0.15) is 0 Å². The first-order chi connectivity index (χ1) is 9.29. The van der Waals surface area contributed by atoms with E-state index in [1.165, 1.54) is 0 Å².